The molecule has 0 aliphatic rings. The number of halogens is 6. The number of hydrogen-bond donors (Lipinski definition) is 0. The van der Waals surface area contributed by atoms with Crippen LogP contribution in [0.4, 0.5) is 26.3 Å². The standard InChI is InChI=1S/C16H10F6O8S2/c1-29-13(23)9-3-7-6-12(32(27,28)16(20,21)22)10(14(24)30-2)4-8(7)5-11(9)31(25,26)15(17,18)19/h3-6H,1-2H3. The second-order valence-electron chi connectivity index (χ2n) is 5.93. The third kappa shape index (κ3) is 4.11. The number of methoxy groups -OCH3 is 2. The number of rotatable bonds is 4. The van der Waals surface area contributed by atoms with Crippen LogP contribution in [0.1, 0.15) is 20.7 Å². The van der Waals surface area contributed by atoms with Gasteiger partial charge in [-0.1, -0.05) is 0 Å². The fraction of sp³-hybridized carbons (Fsp3) is 0.250. The Bertz CT molecular complexity index is 1220. The van der Waals surface area contributed by atoms with Gasteiger partial charge in [0.05, 0.1) is 35.1 Å². The lowest BCUT2D eigenvalue weighted by Gasteiger charge is -2.16. The van der Waals surface area contributed by atoms with Crippen molar-refractivity contribution in [3.8, 4) is 0 Å². The van der Waals surface area contributed by atoms with Crippen molar-refractivity contribution in [3.05, 3.63) is 35.4 Å². The fourth-order valence-electron chi connectivity index (χ4n) is 2.54. The summed E-state index contributed by atoms with van der Waals surface area (Å²) in [6.45, 7) is 0. The maximum absolute atomic E-state index is 13.1. The quantitative estimate of drug-likeness (QED) is 0.457. The van der Waals surface area contributed by atoms with Gasteiger partial charge >= 0.3 is 23.0 Å². The minimum atomic E-state index is -6.17. The average molecular weight is 508 g/mol. The molecule has 2 aromatic carbocycles. The second-order valence-corrected chi connectivity index (χ2v) is 9.74. The Morgan fingerprint density at radius 1 is 0.656 bits per heavy atom. The summed E-state index contributed by atoms with van der Waals surface area (Å²) in [6.07, 6.45) is 0. The first-order valence-corrected chi connectivity index (χ1v) is 10.8. The third-order valence-electron chi connectivity index (χ3n) is 4.04. The van der Waals surface area contributed by atoms with Gasteiger partial charge in [-0.25, -0.2) is 26.4 Å². The monoisotopic (exact) mass is 508 g/mol. The molecule has 0 bridgehead atoms. The molecule has 0 spiro atoms. The van der Waals surface area contributed by atoms with Crippen molar-refractivity contribution in [1.82, 2.24) is 0 Å². The van der Waals surface area contributed by atoms with Gasteiger partial charge in [-0.2, -0.15) is 26.3 Å². The SMILES string of the molecule is COC(=O)c1cc2cc(S(=O)(=O)C(F)(F)F)c(C(=O)OC)cc2cc1S(=O)(=O)C(F)(F)F. The third-order valence-corrected chi connectivity index (χ3v) is 7.09. The Morgan fingerprint density at radius 2 is 0.938 bits per heavy atom. The van der Waals surface area contributed by atoms with Crippen LogP contribution >= 0.6 is 0 Å². The van der Waals surface area contributed by atoms with E-state index < -0.39 is 74.3 Å². The summed E-state index contributed by atoms with van der Waals surface area (Å²) in [5.74, 6) is -3.21. The Hall–Kier alpha value is -2.88. The van der Waals surface area contributed by atoms with E-state index in [9.17, 15) is 52.8 Å². The molecular weight excluding hydrogens is 498 g/mol. The molecule has 0 N–H and O–H groups in total. The van der Waals surface area contributed by atoms with E-state index in [2.05, 4.69) is 9.47 Å². The van der Waals surface area contributed by atoms with Crippen LogP contribution in [-0.2, 0) is 29.1 Å². The van der Waals surface area contributed by atoms with Gasteiger partial charge in [0.2, 0.25) is 0 Å². The van der Waals surface area contributed by atoms with Crippen molar-refractivity contribution in [2.24, 2.45) is 0 Å². The van der Waals surface area contributed by atoms with Crippen molar-refractivity contribution in [3.63, 3.8) is 0 Å². The van der Waals surface area contributed by atoms with Gasteiger partial charge in [-0.15, -0.1) is 0 Å². The van der Waals surface area contributed by atoms with Crippen molar-refractivity contribution < 1.29 is 62.2 Å². The van der Waals surface area contributed by atoms with E-state index in [1.165, 1.54) is 0 Å². The molecule has 0 atom stereocenters. The maximum Gasteiger partial charge on any atom is 0.501 e. The minimum absolute atomic E-state index is 0.251. The number of hydrogen-bond acceptors (Lipinski definition) is 8. The van der Waals surface area contributed by atoms with Crippen LogP contribution in [-0.4, -0.2) is 54.0 Å². The molecule has 0 amide bonds. The Kier molecular flexibility index (Phi) is 6.28. The number of carbonyl (C=O) groups is 2. The highest BCUT2D eigenvalue weighted by Crippen LogP contribution is 2.38. The molecule has 8 nitrogen and oxygen atoms in total. The molecule has 0 fully saturated rings. The molecule has 0 aliphatic carbocycles. The summed E-state index contributed by atoms with van der Waals surface area (Å²) < 4.78 is 134. The van der Waals surface area contributed by atoms with Crippen LogP contribution in [0.2, 0.25) is 0 Å². The Labute approximate surface area is 175 Å². The summed E-state index contributed by atoms with van der Waals surface area (Å²) in [7, 11) is -11.0. The van der Waals surface area contributed by atoms with Crippen molar-refractivity contribution in [2.75, 3.05) is 14.2 Å². The number of sulfone groups is 2. The van der Waals surface area contributed by atoms with Gasteiger partial charge in [-0.3, -0.25) is 0 Å². The number of fused-ring (bicyclic) bond motifs is 1. The lowest BCUT2D eigenvalue weighted by molar-refractivity contribution is -0.0442. The molecule has 0 unspecified atom stereocenters. The van der Waals surface area contributed by atoms with Crippen LogP contribution in [0.3, 0.4) is 0 Å². The van der Waals surface area contributed by atoms with E-state index in [-0.39, 0.29) is 12.1 Å². The van der Waals surface area contributed by atoms with Crippen molar-refractivity contribution >= 4 is 42.4 Å². The predicted octanol–water partition coefficient (Wildman–Crippen LogP) is 3.00. The van der Waals surface area contributed by atoms with Gasteiger partial charge in [0.25, 0.3) is 19.7 Å². The lowest BCUT2D eigenvalue weighted by atomic mass is 10.0. The zero-order chi connectivity index (χ0) is 24.9. The molecule has 2 aromatic rings. The van der Waals surface area contributed by atoms with Crippen LogP contribution in [0.15, 0.2) is 34.1 Å². The molecule has 0 radical (unpaired) electrons. The predicted molar refractivity (Wildman–Crippen MR) is 93.1 cm³/mol. The molecule has 32 heavy (non-hydrogen) atoms. The van der Waals surface area contributed by atoms with Gasteiger partial charge in [0.15, 0.2) is 0 Å². The van der Waals surface area contributed by atoms with E-state index in [1.54, 1.807) is 0 Å². The first-order valence-electron chi connectivity index (χ1n) is 7.81. The number of benzene rings is 2. The summed E-state index contributed by atoms with van der Waals surface area (Å²) in [6, 6.07) is 1.30. The molecule has 0 aromatic heterocycles. The second kappa shape index (κ2) is 7.91. The molecule has 2 rings (SSSR count). The summed E-state index contributed by atoms with van der Waals surface area (Å²) in [5.41, 5.74) is -14.2. The van der Waals surface area contributed by atoms with E-state index in [4.69, 9.17) is 0 Å². The topological polar surface area (TPSA) is 121 Å². The molecular formula is C16H10F6O8S2. The Balaban J connectivity index is 3.09. The van der Waals surface area contributed by atoms with E-state index in [1.807, 2.05) is 0 Å². The van der Waals surface area contributed by atoms with Crippen LogP contribution in [0, 0.1) is 0 Å². The Morgan fingerprint density at radius 3 is 1.16 bits per heavy atom. The molecule has 0 heterocycles. The molecule has 176 valence electrons. The van der Waals surface area contributed by atoms with Gasteiger partial charge in [-0.05, 0) is 35.0 Å². The van der Waals surface area contributed by atoms with Gasteiger partial charge in [0, 0.05) is 0 Å². The number of alkyl halides is 6. The zero-order valence-corrected chi connectivity index (χ0v) is 17.3. The average Bonchev–Trinajstić information content (AvgIpc) is 2.68. The van der Waals surface area contributed by atoms with Gasteiger partial charge < -0.3 is 9.47 Å². The normalized spacial score (nSPS) is 13.1. The van der Waals surface area contributed by atoms with Crippen molar-refractivity contribution in [2.45, 2.75) is 20.8 Å². The summed E-state index contributed by atoms with van der Waals surface area (Å²) in [5, 5.41) is -1.22. The molecule has 16 heteroatoms. The van der Waals surface area contributed by atoms with Crippen molar-refractivity contribution in [1.29, 1.82) is 0 Å². The number of ether oxygens (including phenoxy) is 2. The minimum Gasteiger partial charge on any atom is -0.465 e. The molecule has 0 saturated carbocycles. The summed E-state index contributed by atoms with van der Waals surface area (Å²) in [4.78, 5) is 20.5. The smallest absolute Gasteiger partial charge is 0.465 e. The first kappa shape index (κ1) is 25.4. The number of esters is 2. The summed E-state index contributed by atoms with van der Waals surface area (Å²) >= 11 is 0. The highest BCUT2D eigenvalue weighted by molar-refractivity contribution is 7.92. The molecule has 0 aliphatic heterocycles. The van der Waals surface area contributed by atoms with Crippen LogP contribution in [0.5, 0.6) is 0 Å². The first-order chi connectivity index (χ1) is 14.4. The zero-order valence-electron chi connectivity index (χ0n) is 15.7. The van der Waals surface area contributed by atoms with Crippen LogP contribution in [0.25, 0.3) is 10.8 Å². The number of carbonyl (C=O) groups excluding carboxylic acids is 2. The van der Waals surface area contributed by atoms with Crippen LogP contribution < -0.4 is 0 Å². The highest BCUT2D eigenvalue weighted by atomic mass is 32.2. The fourth-order valence-corrected chi connectivity index (χ4v) is 4.47. The van der Waals surface area contributed by atoms with E-state index in [0.717, 1.165) is 0 Å². The largest absolute Gasteiger partial charge is 0.501 e. The molecule has 0 saturated heterocycles. The van der Waals surface area contributed by atoms with E-state index in [0.29, 0.717) is 26.4 Å². The maximum atomic E-state index is 13.1. The van der Waals surface area contributed by atoms with Gasteiger partial charge in [0.1, 0.15) is 0 Å². The van der Waals surface area contributed by atoms with E-state index >= 15 is 0 Å². The highest BCUT2D eigenvalue weighted by Gasteiger charge is 2.50. The lowest BCUT2D eigenvalue weighted by Crippen LogP contribution is -2.26.